The van der Waals surface area contributed by atoms with Gasteiger partial charge in [-0.15, -0.1) is 0 Å². The molecule has 0 radical (unpaired) electrons. The van der Waals surface area contributed by atoms with Crippen LogP contribution in [0.4, 0.5) is 0 Å². The van der Waals surface area contributed by atoms with E-state index in [1.165, 1.54) is 6.33 Å². The Bertz CT molecular complexity index is 472. The van der Waals surface area contributed by atoms with Crippen LogP contribution in [0, 0.1) is 0 Å². The second kappa shape index (κ2) is 4.61. The van der Waals surface area contributed by atoms with Crippen LogP contribution in [0.25, 0.3) is 11.1 Å². The second-order valence-corrected chi connectivity index (χ2v) is 3.20. The van der Waals surface area contributed by atoms with Gasteiger partial charge in [-0.2, -0.15) is 0 Å². The maximum atomic E-state index is 5.23. The summed E-state index contributed by atoms with van der Waals surface area (Å²) in [5, 5.41) is 0. The van der Waals surface area contributed by atoms with Gasteiger partial charge >= 0.3 is 0 Å². The lowest BCUT2D eigenvalue weighted by molar-refractivity contribution is 0.355. The van der Waals surface area contributed by atoms with Gasteiger partial charge in [-0.25, -0.2) is 9.97 Å². The number of hydrogen-bond acceptors (Lipinski definition) is 4. The summed E-state index contributed by atoms with van der Waals surface area (Å²) < 4.78 is 10.4. The first kappa shape index (κ1) is 10.4. The van der Waals surface area contributed by atoms with Gasteiger partial charge in [0.05, 0.1) is 14.2 Å². The van der Waals surface area contributed by atoms with Crippen molar-refractivity contribution < 1.29 is 9.47 Å². The Morgan fingerprint density at radius 1 is 0.875 bits per heavy atom. The molecule has 0 aliphatic heterocycles. The predicted octanol–water partition coefficient (Wildman–Crippen LogP) is 2.16. The van der Waals surface area contributed by atoms with Gasteiger partial charge in [0.25, 0.3) is 0 Å². The highest BCUT2D eigenvalue weighted by atomic mass is 16.5. The quantitative estimate of drug-likeness (QED) is 0.788. The van der Waals surface area contributed by atoms with Crippen LogP contribution in [0.5, 0.6) is 11.5 Å². The van der Waals surface area contributed by atoms with Crippen LogP contribution in [0.3, 0.4) is 0 Å². The lowest BCUT2D eigenvalue weighted by atomic mass is 10.1. The van der Waals surface area contributed by atoms with Gasteiger partial charge in [0.1, 0.15) is 6.33 Å². The summed E-state index contributed by atoms with van der Waals surface area (Å²) in [6, 6.07) is 5.71. The monoisotopic (exact) mass is 216 g/mol. The van der Waals surface area contributed by atoms with Gasteiger partial charge in [0.2, 0.25) is 0 Å². The van der Waals surface area contributed by atoms with Crippen LogP contribution < -0.4 is 9.47 Å². The largest absolute Gasteiger partial charge is 0.493 e. The average Bonchev–Trinajstić information content (AvgIpc) is 2.39. The Balaban J connectivity index is 2.44. The van der Waals surface area contributed by atoms with E-state index in [1.54, 1.807) is 26.6 Å². The fourth-order valence-electron chi connectivity index (χ4n) is 1.46. The first-order valence-electron chi connectivity index (χ1n) is 4.82. The normalized spacial score (nSPS) is 9.88. The van der Waals surface area contributed by atoms with Crippen LogP contribution >= 0.6 is 0 Å². The van der Waals surface area contributed by atoms with Gasteiger partial charge in [-0.1, -0.05) is 6.07 Å². The maximum absolute atomic E-state index is 5.23. The van der Waals surface area contributed by atoms with E-state index in [9.17, 15) is 0 Å². The van der Waals surface area contributed by atoms with E-state index in [2.05, 4.69) is 9.97 Å². The number of ether oxygens (including phenoxy) is 2. The maximum Gasteiger partial charge on any atom is 0.161 e. The third kappa shape index (κ3) is 1.95. The lowest BCUT2D eigenvalue weighted by Gasteiger charge is -2.09. The van der Waals surface area contributed by atoms with Gasteiger partial charge in [0, 0.05) is 18.0 Å². The molecule has 2 rings (SSSR count). The van der Waals surface area contributed by atoms with E-state index >= 15 is 0 Å². The molecule has 1 aromatic heterocycles. The molecule has 16 heavy (non-hydrogen) atoms. The van der Waals surface area contributed by atoms with Gasteiger partial charge < -0.3 is 9.47 Å². The molecule has 0 spiro atoms. The zero-order valence-corrected chi connectivity index (χ0v) is 9.18. The van der Waals surface area contributed by atoms with Crippen LogP contribution in [-0.2, 0) is 0 Å². The Morgan fingerprint density at radius 2 is 1.56 bits per heavy atom. The minimum Gasteiger partial charge on any atom is -0.493 e. The number of rotatable bonds is 3. The van der Waals surface area contributed by atoms with Gasteiger partial charge in [0.15, 0.2) is 11.5 Å². The van der Waals surface area contributed by atoms with Gasteiger partial charge in [-0.05, 0) is 17.7 Å². The highest BCUT2D eigenvalue weighted by molar-refractivity contribution is 5.65. The van der Waals surface area contributed by atoms with E-state index in [0.29, 0.717) is 11.5 Å². The van der Waals surface area contributed by atoms with Crippen LogP contribution in [0.2, 0.25) is 0 Å². The molecule has 1 aromatic carbocycles. The molecular weight excluding hydrogens is 204 g/mol. The second-order valence-electron chi connectivity index (χ2n) is 3.20. The zero-order valence-electron chi connectivity index (χ0n) is 9.18. The molecule has 1 heterocycles. The fourth-order valence-corrected chi connectivity index (χ4v) is 1.46. The summed E-state index contributed by atoms with van der Waals surface area (Å²) >= 11 is 0. The molecule has 0 saturated carbocycles. The predicted molar refractivity (Wildman–Crippen MR) is 60.6 cm³/mol. The molecule has 82 valence electrons. The van der Waals surface area contributed by atoms with Crippen molar-refractivity contribution in [3.8, 4) is 22.6 Å². The van der Waals surface area contributed by atoms with Crippen molar-refractivity contribution in [1.29, 1.82) is 0 Å². The minimum atomic E-state index is 0.698. The average molecular weight is 216 g/mol. The van der Waals surface area contributed by atoms with Crippen molar-refractivity contribution in [2.24, 2.45) is 0 Å². The van der Waals surface area contributed by atoms with Crippen molar-refractivity contribution in [3.63, 3.8) is 0 Å². The smallest absolute Gasteiger partial charge is 0.161 e. The Hall–Kier alpha value is -2.10. The number of nitrogens with zero attached hydrogens (tertiary/aromatic N) is 2. The highest BCUT2D eigenvalue weighted by Crippen LogP contribution is 2.31. The fraction of sp³-hybridized carbons (Fsp3) is 0.167. The molecule has 4 nitrogen and oxygen atoms in total. The molecule has 0 aliphatic rings. The molecule has 0 bridgehead atoms. The molecular formula is C12H12N2O2. The minimum absolute atomic E-state index is 0.698. The molecule has 0 atom stereocenters. The summed E-state index contributed by atoms with van der Waals surface area (Å²) in [5.74, 6) is 1.41. The number of hydrogen-bond donors (Lipinski definition) is 0. The molecule has 0 amide bonds. The third-order valence-corrected chi connectivity index (χ3v) is 2.28. The Labute approximate surface area is 93.9 Å². The van der Waals surface area contributed by atoms with Crippen LogP contribution in [0.15, 0.2) is 36.9 Å². The summed E-state index contributed by atoms with van der Waals surface area (Å²) in [6.07, 6.45) is 5.02. The van der Waals surface area contributed by atoms with Crippen molar-refractivity contribution in [2.75, 3.05) is 14.2 Å². The molecule has 0 N–H and O–H groups in total. The lowest BCUT2D eigenvalue weighted by Crippen LogP contribution is -1.91. The van der Waals surface area contributed by atoms with E-state index in [0.717, 1.165) is 11.1 Å². The first-order chi connectivity index (χ1) is 7.85. The molecule has 0 saturated heterocycles. The zero-order chi connectivity index (χ0) is 11.4. The molecule has 0 fully saturated rings. The van der Waals surface area contributed by atoms with Crippen molar-refractivity contribution in [3.05, 3.63) is 36.9 Å². The third-order valence-electron chi connectivity index (χ3n) is 2.28. The SMILES string of the molecule is COc1ccc(-c2cncnc2)cc1OC. The van der Waals surface area contributed by atoms with E-state index in [-0.39, 0.29) is 0 Å². The molecule has 4 heteroatoms. The summed E-state index contributed by atoms with van der Waals surface area (Å²) in [5.41, 5.74) is 1.95. The van der Waals surface area contributed by atoms with E-state index in [1.807, 2.05) is 18.2 Å². The van der Waals surface area contributed by atoms with Crippen molar-refractivity contribution in [1.82, 2.24) is 9.97 Å². The standard InChI is InChI=1S/C12H12N2O2/c1-15-11-4-3-9(5-12(11)16-2)10-6-13-8-14-7-10/h3-8H,1-2H3. The van der Waals surface area contributed by atoms with Crippen LogP contribution in [0.1, 0.15) is 0 Å². The first-order valence-corrected chi connectivity index (χ1v) is 4.82. The molecule has 0 unspecified atom stereocenters. The van der Waals surface area contributed by atoms with Crippen LogP contribution in [-0.4, -0.2) is 24.2 Å². The topological polar surface area (TPSA) is 44.2 Å². The van der Waals surface area contributed by atoms with Crippen molar-refractivity contribution in [2.45, 2.75) is 0 Å². The molecule has 0 aliphatic carbocycles. The van der Waals surface area contributed by atoms with E-state index in [4.69, 9.17) is 9.47 Å². The Kier molecular flexibility index (Phi) is 3.00. The number of aromatic nitrogens is 2. The number of methoxy groups -OCH3 is 2. The molecule has 2 aromatic rings. The Morgan fingerprint density at radius 3 is 2.19 bits per heavy atom. The summed E-state index contributed by atoms with van der Waals surface area (Å²) in [6.45, 7) is 0. The summed E-state index contributed by atoms with van der Waals surface area (Å²) in [4.78, 5) is 7.95. The summed E-state index contributed by atoms with van der Waals surface area (Å²) in [7, 11) is 3.23. The van der Waals surface area contributed by atoms with E-state index < -0.39 is 0 Å². The van der Waals surface area contributed by atoms with Crippen molar-refractivity contribution >= 4 is 0 Å². The van der Waals surface area contributed by atoms with Gasteiger partial charge in [-0.3, -0.25) is 0 Å². The highest BCUT2D eigenvalue weighted by Gasteiger charge is 2.05. The number of benzene rings is 1.